The largest absolute Gasteiger partial charge is 0.0654 e. The molecule has 0 heteroatoms. The van der Waals surface area contributed by atoms with E-state index in [0.717, 1.165) is 0 Å². The van der Waals surface area contributed by atoms with E-state index in [4.69, 9.17) is 0 Å². The minimum atomic E-state index is 0. The summed E-state index contributed by atoms with van der Waals surface area (Å²) in [5.41, 5.74) is 0. The average Bonchev–Trinajstić information content (AvgIpc) is 1.61. The number of rotatable bonds is 3. The van der Waals surface area contributed by atoms with Crippen molar-refractivity contribution in [3.05, 3.63) is 0 Å². The van der Waals surface area contributed by atoms with Crippen LogP contribution in [0.15, 0.2) is 0 Å². The molecular formula is C6H16. The summed E-state index contributed by atoms with van der Waals surface area (Å²) in [7, 11) is 0. The Labute approximate surface area is 42.0 Å². The Hall–Kier alpha value is 0. The number of hydrogen-bond donors (Lipinski definition) is 0. The maximum atomic E-state index is 2.23. The van der Waals surface area contributed by atoms with E-state index in [1.165, 1.54) is 25.7 Å². The SMILES string of the molecule is CCCCCC.[3HH]. The first-order valence-corrected chi connectivity index (χ1v) is 2.91. The third kappa shape index (κ3) is 4.00. The van der Waals surface area contributed by atoms with E-state index in [9.17, 15) is 0 Å². The van der Waals surface area contributed by atoms with E-state index < -0.39 is 0 Å². The molecule has 0 nitrogen and oxygen atoms in total. The summed E-state index contributed by atoms with van der Waals surface area (Å²) >= 11 is 0. The summed E-state index contributed by atoms with van der Waals surface area (Å²) < 4.78 is 0. The molecule has 0 amide bonds. The van der Waals surface area contributed by atoms with E-state index in [-0.39, 0.29) is 1.43 Å². The Morgan fingerprint density at radius 2 is 1.33 bits per heavy atom. The van der Waals surface area contributed by atoms with Crippen LogP contribution in [0.1, 0.15) is 41.0 Å². The number of hydrogen-bond acceptors (Lipinski definition) is 0. The maximum absolute atomic E-state index is 2.23. The molecule has 0 aliphatic heterocycles. The molecule has 0 aliphatic rings. The van der Waals surface area contributed by atoms with Gasteiger partial charge in [0.1, 0.15) is 0 Å². The Balaban J connectivity index is 0. The van der Waals surface area contributed by atoms with Crippen LogP contribution in [0, 0.1) is 0 Å². The Morgan fingerprint density at radius 3 is 1.50 bits per heavy atom. The van der Waals surface area contributed by atoms with Crippen molar-refractivity contribution in [2.45, 2.75) is 39.5 Å². The Morgan fingerprint density at radius 1 is 1.00 bits per heavy atom. The Bertz CT molecular complexity index is 16.1. The van der Waals surface area contributed by atoms with Crippen molar-refractivity contribution in [2.75, 3.05) is 0 Å². The van der Waals surface area contributed by atoms with Crippen molar-refractivity contribution in [2.24, 2.45) is 0 Å². The molecule has 40 valence electrons. The van der Waals surface area contributed by atoms with Crippen molar-refractivity contribution >= 4 is 0 Å². The van der Waals surface area contributed by atoms with E-state index >= 15 is 0 Å². The fourth-order valence-electron chi connectivity index (χ4n) is 0.500. The number of unbranched alkanes of at least 4 members (excludes halogenated alkanes) is 3. The molecule has 0 saturated carbocycles. The van der Waals surface area contributed by atoms with Crippen molar-refractivity contribution in [3.63, 3.8) is 0 Å². The van der Waals surface area contributed by atoms with Gasteiger partial charge in [0.15, 0.2) is 0 Å². The fraction of sp³-hybridized carbons (Fsp3) is 1.00. The van der Waals surface area contributed by atoms with Crippen LogP contribution in [0.5, 0.6) is 0 Å². The zero-order chi connectivity index (χ0) is 4.83. The zero-order valence-corrected chi connectivity index (χ0v) is 4.83. The van der Waals surface area contributed by atoms with Crippen LogP contribution in [-0.2, 0) is 0 Å². The van der Waals surface area contributed by atoms with E-state index in [1.807, 2.05) is 0 Å². The maximum Gasteiger partial charge on any atom is 0 e. The summed E-state index contributed by atoms with van der Waals surface area (Å²) in [5.74, 6) is 0. The standard InChI is InChI=1S/C6H14.H2/c1-3-5-6-4-2;/h3-6H2,1-2H3;1H/i;1+2. The quantitative estimate of drug-likeness (QED) is 0.467. The van der Waals surface area contributed by atoms with E-state index in [0.29, 0.717) is 0 Å². The van der Waals surface area contributed by atoms with Crippen molar-refractivity contribution in [1.82, 2.24) is 0 Å². The smallest absolute Gasteiger partial charge is 0 e. The van der Waals surface area contributed by atoms with Crippen LogP contribution in [0.4, 0.5) is 0 Å². The van der Waals surface area contributed by atoms with Crippen LogP contribution >= 0.6 is 0 Å². The topological polar surface area (TPSA) is 0 Å². The highest BCUT2D eigenvalue weighted by Gasteiger charge is 1.75. The van der Waals surface area contributed by atoms with Crippen LogP contribution in [0.2, 0.25) is 0 Å². The van der Waals surface area contributed by atoms with Gasteiger partial charge >= 0.3 is 0 Å². The lowest BCUT2D eigenvalue weighted by Crippen LogP contribution is -1.66. The van der Waals surface area contributed by atoms with Gasteiger partial charge in [0.05, 0.1) is 0 Å². The second kappa shape index (κ2) is 5.00. The molecule has 0 spiro atoms. The Kier molecular flexibility index (Phi) is 5.00. The van der Waals surface area contributed by atoms with Crippen molar-refractivity contribution in [3.8, 4) is 0 Å². The first-order valence-electron chi connectivity index (χ1n) is 2.91. The van der Waals surface area contributed by atoms with Gasteiger partial charge in [-0.3, -0.25) is 0 Å². The molecule has 0 aliphatic carbocycles. The van der Waals surface area contributed by atoms with Gasteiger partial charge in [0, 0.05) is 1.43 Å². The summed E-state index contributed by atoms with van der Waals surface area (Å²) in [6.45, 7) is 4.46. The monoisotopic (exact) mass is 90.1 g/mol. The second-order valence-electron chi connectivity index (χ2n) is 1.71. The molecule has 0 fully saturated rings. The van der Waals surface area contributed by atoms with Gasteiger partial charge < -0.3 is 0 Å². The first-order chi connectivity index (χ1) is 2.91. The predicted octanol–water partition coefficient (Wildman–Crippen LogP) is 2.83. The minimum Gasteiger partial charge on any atom is -0.0654 e. The second-order valence-corrected chi connectivity index (χ2v) is 1.71. The highest BCUT2D eigenvalue weighted by atomic mass is 13.8. The van der Waals surface area contributed by atoms with Crippen molar-refractivity contribution < 1.29 is 1.43 Å². The first kappa shape index (κ1) is 6.00. The van der Waals surface area contributed by atoms with Crippen LogP contribution in [0.3, 0.4) is 0 Å². The molecule has 6 heavy (non-hydrogen) atoms. The van der Waals surface area contributed by atoms with Gasteiger partial charge in [-0.1, -0.05) is 39.5 Å². The summed E-state index contributed by atoms with van der Waals surface area (Å²) in [6, 6.07) is 0. The molecule has 0 aromatic rings. The molecule has 0 aromatic heterocycles. The van der Waals surface area contributed by atoms with Gasteiger partial charge in [-0.05, 0) is 0 Å². The van der Waals surface area contributed by atoms with Crippen LogP contribution < -0.4 is 0 Å². The molecule has 0 N–H and O–H groups in total. The van der Waals surface area contributed by atoms with Crippen molar-refractivity contribution in [1.29, 1.82) is 0 Å². The average molecular weight is 90.2 g/mol. The highest BCUT2D eigenvalue weighted by molar-refractivity contribution is 4.31. The molecule has 0 rings (SSSR count). The third-order valence-corrected chi connectivity index (χ3v) is 0.957. The molecule has 0 atom stereocenters. The lowest BCUT2D eigenvalue weighted by molar-refractivity contribution is 0.702. The fourth-order valence-corrected chi connectivity index (χ4v) is 0.500. The van der Waals surface area contributed by atoms with Gasteiger partial charge in [0.2, 0.25) is 0 Å². The predicted molar refractivity (Wildman–Crippen MR) is 31.9 cm³/mol. The summed E-state index contributed by atoms with van der Waals surface area (Å²) in [5, 5.41) is 0. The van der Waals surface area contributed by atoms with Gasteiger partial charge in [-0.15, -0.1) is 0 Å². The van der Waals surface area contributed by atoms with Gasteiger partial charge in [0.25, 0.3) is 0 Å². The molecule has 0 radical (unpaired) electrons. The van der Waals surface area contributed by atoms with E-state index in [1.54, 1.807) is 0 Å². The molecule has 0 bridgehead atoms. The molecule has 0 aromatic carbocycles. The summed E-state index contributed by atoms with van der Waals surface area (Å²) in [4.78, 5) is 0. The third-order valence-electron chi connectivity index (χ3n) is 0.957. The van der Waals surface area contributed by atoms with E-state index in [2.05, 4.69) is 13.8 Å². The van der Waals surface area contributed by atoms with Gasteiger partial charge in [-0.2, -0.15) is 0 Å². The lowest BCUT2D eigenvalue weighted by Gasteiger charge is -1.86. The lowest BCUT2D eigenvalue weighted by atomic mass is 10.2. The van der Waals surface area contributed by atoms with Gasteiger partial charge in [-0.25, -0.2) is 0 Å². The highest BCUT2D eigenvalue weighted by Crippen LogP contribution is 1.95. The van der Waals surface area contributed by atoms with Crippen LogP contribution in [-0.4, -0.2) is 0 Å². The van der Waals surface area contributed by atoms with Crippen LogP contribution in [0.25, 0.3) is 0 Å². The zero-order valence-electron chi connectivity index (χ0n) is 4.83. The molecule has 0 unspecified atom stereocenters. The normalized spacial score (nSPS) is 9.00. The molecule has 0 saturated heterocycles. The minimum absolute atomic E-state index is 0. The summed E-state index contributed by atoms with van der Waals surface area (Å²) in [6.07, 6.45) is 5.54. The molecular weight excluding hydrogens is 72.1 g/mol. The molecule has 0 heterocycles.